The van der Waals surface area contributed by atoms with Gasteiger partial charge in [-0.3, -0.25) is 24.2 Å². The topological polar surface area (TPSA) is 127 Å². The van der Waals surface area contributed by atoms with Crippen molar-refractivity contribution in [3.8, 4) is 0 Å². The van der Waals surface area contributed by atoms with E-state index < -0.39 is 35.5 Å². The summed E-state index contributed by atoms with van der Waals surface area (Å²) in [5.41, 5.74) is 4.52. The molecule has 0 saturated carbocycles. The minimum Gasteiger partial charge on any atom is -0.455 e. The Bertz CT molecular complexity index is 1480. The lowest BCUT2D eigenvalue weighted by molar-refractivity contribution is -0.157. The molecule has 5 rings (SSSR count). The lowest BCUT2D eigenvalue weighted by Gasteiger charge is -2.37. The van der Waals surface area contributed by atoms with Crippen molar-refractivity contribution in [1.29, 1.82) is 0 Å². The van der Waals surface area contributed by atoms with Crippen LogP contribution in [0.25, 0.3) is 17.0 Å². The van der Waals surface area contributed by atoms with Crippen molar-refractivity contribution in [1.82, 2.24) is 20.7 Å². The minimum atomic E-state index is -0.830. The highest BCUT2D eigenvalue weighted by molar-refractivity contribution is 5.94. The van der Waals surface area contributed by atoms with Gasteiger partial charge < -0.3 is 14.8 Å². The molecule has 0 radical (unpaired) electrons. The largest absolute Gasteiger partial charge is 0.455 e. The van der Waals surface area contributed by atoms with Gasteiger partial charge in [-0.1, -0.05) is 44.2 Å². The van der Waals surface area contributed by atoms with Gasteiger partial charge in [-0.25, -0.2) is 10.4 Å². The molecule has 2 aromatic rings. The first-order valence-electron chi connectivity index (χ1n) is 16.7. The number of fused-ring (bicyclic) bond motifs is 4. The Hall–Kier alpha value is -3.63. The summed E-state index contributed by atoms with van der Waals surface area (Å²) in [7, 11) is 0. The fourth-order valence-corrected chi connectivity index (χ4v) is 6.41. The Kier molecular flexibility index (Phi) is 10.6. The zero-order valence-electron chi connectivity index (χ0n) is 27.7. The van der Waals surface area contributed by atoms with Crippen LogP contribution in [-0.2, 0) is 28.7 Å². The molecule has 10 nitrogen and oxygen atoms in total. The average Bonchev–Trinajstić information content (AvgIpc) is 3.05. The molecular formula is C36H48N4O6. The van der Waals surface area contributed by atoms with Crippen molar-refractivity contribution in [2.24, 2.45) is 23.2 Å². The Labute approximate surface area is 271 Å². The lowest BCUT2D eigenvalue weighted by atomic mass is 9.79. The Morgan fingerprint density at radius 1 is 1.04 bits per heavy atom. The first-order valence-corrected chi connectivity index (χ1v) is 16.7. The maximum atomic E-state index is 14.1. The predicted octanol–water partition coefficient (Wildman–Crippen LogP) is 4.92. The fourth-order valence-electron chi connectivity index (χ4n) is 6.41. The summed E-state index contributed by atoms with van der Waals surface area (Å²) in [5, 5.41) is 5.45. The number of esters is 1. The number of carbonyl (C=O) groups is 4. The Morgan fingerprint density at radius 3 is 2.52 bits per heavy atom. The monoisotopic (exact) mass is 632 g/mol. The van der Waals surface area contributed by atoms with E-state index in [1.54, 1.807) is 6.92 Å². The first kappa shape index (κ1) is 33.7. The number of ketones is 1. The van der Waals surface area contributed by atoms with Crippen LogP contribution in [-0.4, -0.2) is 65.4 Å². The molecule has 2 saturated heterocycles. The normalized spacial score (nSPS) is 27.8. The molecule has 0 aliphatic carbocycles. The van der Waals surface area contributed by atoms with Gasteiger partial charge in [-0.05, 0) is 82.4 Å². The van der Waals surface area contributed by atoms with Gasteiger partial charge in [0.1, 0.15) is 24.0 Å². The van der Waals surface area contributed by atoms with Crippen molar-refractivity contribution in [2.75, 3.05) is 19.8 Å². The molecule has 4 heterocycles. The smallest absolute Gasteiger partial charge is 0.325 e. The molecule has 0 spiro atoms. The third kappa shape index (κ3) is 8.01. The van der Waals surface area contributed by atoms with Crippen molar-refractivity contribution >= 4 is 40.5 Å². The first-order chi connectivity index (χ1) is 21.9. The van der Waals surface area contributed by atoms with Crippen LogP contribution in [0, 0.1) is 23.2 Å². The van der Waals surface area contributed by atoms with E-state index in [9.17, 15) is 19.2 Å². The highest BCUT2D eigenvalue weighted by Crippen LogP contribution is 2.29. The van der Waals surface area contributed by atoms with Crippen LogP contribution in [0.5, 0.6) is 0 Å². The number of carbonyl (C=O) groups excluding carboxylic acids is 4. The summed E-state index contributed by atoms with van der Waals surface area (Å²) in [5.74, 6) is -1.64. The summed E-state index contributed by atoms with van der Waals surface area (Å²) in [6.07, 6.45) is 6.40. The van der Waals surface area contributed by atoms with Gasteiger partial charge in [0.2, 0.25) is 5.91 Å². The number of benzene rings is 1. The Balaban J connectivity index is 1.49. The molecule has 5 bridgehead atoms. The summed E-state index contributed by atoms with van der Waals surface area (Å²) in [6.45, 7) is 11.0. The summed E-state index contributed by atoms with van der Waals surface area (Å²) in [4.78, 5) is 59.8. The van der Waals surface area contributed by atoms with Crippen LogP contribution in [0.2, 0.25) is 0 Å². The number of pyridine rings is 1. The van der Waals surface area contributed by atoms with Gasteiger partial charge in [0.15, 0.2) is 0 Å². The number of rotatable bonds is 3. The van der Waals surface area contributed by atoms with Gasteiger partial charge in [-0.2, -0.15) is 0 Å². The molecule has 4 atom stereocenters. The third-order valence-corrected chi connectivity index (χ3v) is 9.67. The van der Waals surface area contributed by atoms with Crippen LogP contribution in [0.3, 0.4) is 0 Å². The van der Waals surface area contributed by atoms with Gasteiger partial charge in [-0.15, -0.1) is 0 Å². The minimum absolute atomic E-state index is 0.0510. The number of allylic oxidation sites excluding steroid dienone is 1. The number of ether oxygens (including phenoxy) is 2. The van der Waals surface area contributed by atoms with E-state index in [4.69, 9.17) is 14.5 Å². The molecule has 248 valence electrons. The van der Waals surface area contributed by atoms with Crippen molar-refractivity contribution in [2.45, 2.75) is 91.3 Å². The van der Waals surface area contributed by atoms with Gasteiger partial charge in [0.25, 0.3) is 5.91 Å². The van der Waals surface area contributed by atoms with Crippen LogP contribution in [0.15, 0.2) is 36.4 Å². The quantitative estimate of drug-likeness (QED) is 0.457. The highest BCUT2D eigenvalue weighted by Gasteiger charge is 2.38. The van der Waals surface area contributed by atoms with E-state index >= 15 is 0 Å². The van der Waals surface area contributed by atoms with Crippen molar-refractivity contribution < 1.29 is 28.7 Å². The molecule has 2 amide bonds. The summed E-state index contributed by atoms with van der Waals surface area (Å²) >= 11 is 0. The number of amides is 2. The highest BCUT2D eigenvalue weighted by atomic mass is 16.5. The lowest BCUT2D eigenvalue weighted by Crippen LogP contribution is -2.60. The summed E-state index contributed by atoms with van der Waals surface area (Å²) < 4.78 is 11.4. The molecule has 1 aromatic carbocycles. The van der Waals surface area contributed by atoms with Gasteiger partial charge in [0, 0.05) is 42.9 Å². The number of cyclic esters (lactones) is 1. The number of aromatic nitrogens is 1. The molecule has 3 aliphatic rings. The van der Waals surface area contributed by atoms with Gasteiger partial charge >= 0.3 is 5.97 Å². The molecular weight excluding hydrogens is 584 g/mol. The molecule has 10 heteroatoms. The fraction of sp³-hybridized carbons (Fsp3) is 0.583. The second kappa shape index (κ2) is 14.4. The van der Waals surface area contributed by atoms with Crippen LogP contribution in [0.1, 0.15) is 90.5 Å². The molecule has 0 unspecified atom stereocenters. The Morgan fingerprint density at radius 2 is 1.78 bits per heavy atom. The number of Topliss-reactive ketones (excluding diaryl/α,β-unsaturated/α-hetero) is 1. The molecule has 3 aliphatic heterocycles. The second-order valence-electron chi connectivity index (χ2n) is 14.0. The van der Waals surface area contributed by atoms with E-state index in [-0.39, 0.29) is 35.9 Å². The average molecular weight is 633 g/mol. The summed E-state index contributed by atoms with van der Waals surface area (Å²) in [6, 6.07) is 8.17. The van der Waals surface area contributed by atoms with Crippen LogP contribution >= 0.6 is 0 Å². The second-order valence-corrected chi connectivity index (χ2v) is 14.0. The number of nitrogens with one attached hydrogen (secondary N) is 2. The van der Waals surface area contributed by atoms with E-state index in [1.807, 2.05) is 70.2 Å². The molecule has 1 aromatic heterocycles. The molecule has 2 fully saturated rings. The van der Waals surface area contributed by atoms with Crippen molar-refractivity contribution in [3.63, 3.8) is 0 Å². The molecule has 46 heavy (non-hydrogen) atoms. The van der Waals surface area contributed by atoms with Crippen molar-refractivity contribution in [3.05, 3.63) is 47.7 Å². The third-order valence-electron chi connectivity index (χ3n) is 9.67. The maximum Gasteiger partial charge on any atom is 0.325 e. The number of hydrazine groups is 1. The standard InChI is InChI=1S/C36H48N4O6/c1-22(2)27-21-32(41)36(4,5)15-12-24-8-9-26-10-11-28(37-30(26)19-24)23(3)46-35(44)29-7-6-16-40(39-29)34(43)31(38-33(27)42)20-25-13-17-45-18-14-25/h8-12,15,19,22-23,25,27,29,31,39H,6-7,13-14,16-18,20-21H2,1-5H3,(H,38,42)/b15-12+/t23-,27+,29+,31-/m1/s1. The zero-order chi connectivity index (χ0) is 33.0. The van der Waals surface area contributed by atoms with E-state index in [2.05, 4.69) is 10.7 Å². The van der Waals surface area contributed by atoms with Crippen LogP contribution < -0.4 is 10.7 Å². The van der Waals surface area contributed by atoms with E-state index in [1.165, 1.54) is 5.01 Å². The van der Waals surface area contributed by atoms with Gasteiger partial charge in [0.05, 0.1) is 11.2 Å². The maximum absolute atomic E-state index is 14.1. The SMILES string of the molecule is CC(C)[C@@H]1CC(=O)C(C)(C)/C=C/c2ccc3ccc(nc3c2)[C@@H](C)OC(=O)[C@@H]2CCCN(N2)C(=O)[C@@H](CC2CCOCC2)NC1=O. The number of nitrogens with zero attached hydrogens (tertiary/aromatic N) is 2. The van der Waals surface area contributed by atoms with Crippen LogP contribution in [0.4, 0.5) is 0 Å². The predicted molar refractivity (Wildman–Crippen MR) is 175 cm³/mol. The zero-order valence-corrected chi connectivity index (χ0v) is 27.7. The molecule has 2 N–H and O–H groups in total. The number of hydrogen-bond donors (Lipinski definition) is 2. The van der Waals surface area contributed by atoms with E-state index in [0.717, 1.165) is 29.3 Å². The van der Waals surface area contributed by atoms with E-state index in [0.29, 0.717) is 44.7 Å². The number of hydrogen-bond acceptors (Lipinski definition) is 8.